The average Bonchev–Trinajstić information content (AvgIpc) is 2.83. The Morgan fingerprint density at radius 1 is 1.40 bits per heavy atom. The molecule has 0 unspecified atom stereocenters. The Labute approximate surface area is 123 Å². The van der Waals surface area contributed by atoms with Gasteiger partial charge in [-0.2, -0.15) is 0 Å². The minimum absolute atomic E-state index is 0.1000. The molecular weight excluding hydrogens is 272 g/mol. The molecule has 5 heteroatoms. The first-order valence-corrected chi connectivity index (χ1v) is 8.08. The van der Waals surface area contributed by atoms with Gasteiger partial charge in [-0.05, 0) is 31.9 Å². The molecule has 1 N–H and O–H groups in total. The molecule has 2 aliphatic heterocycles. The lowest BCUT2D eigenvalue weighted by molar-refractivity contribution is 0.0624. The van der Waals surface area contributed by atoms with Gasteiger partial charge in [-0.3, -0.25) is 4.99 Å². The zero-order chi connectivity index (χ0) is 13.8. The van der Waals surface area contributed by atoms with Crippen molar-refractivity contribution in [3.8, 4) is 5.75 Å². The van der Waals surface area contributed by atoms with Crippen LogP contribution < -0.4 is 10.1 Å². The maximum absolute atomic E-state index is 5.52. The summed E-state index contributed by atoms with van der Waals surface area (Å²) in [5.41, 5.74) is 1.13. The molecule has 20 heavy (non-hydrogen) atoms. The summed E-state index contributed by atoms with van der Waals surface area (Å²) in [6.45, 7) is 4.34. The quantitative estimate of drug-likeness (QED) is 0.929. The van der Waals surface area contributed by atoms with Crippen LogP contribution in [0.5, 0.6) is 5.75 Å². The first-order chi connectivity index (χ1) is 9.80. The maximum Gasteiger partial charge on any atom is 0.161 e. The highest BCUT2D eigenvalue weighted by Gasteiger charge is 2.37. The first kappa shape index (κ1) is 13.8. The van der Waals surface area contributed by atoms with Crippen LogP contribution >= 0.6 is 11.8 Å². The van der Waals surface area contributed by atoms with Crippen LogP contribution in [0.3, 0.4) is 0 Å². The van der Waals surface area contributed by atoms with Crippen LogP contribution in [-0.2, 0) is 4.74 Å². The van der Waals surface area contributed by atoms with E-state index >= 15 is 0 Å². The van der Waals surface area contributed by atoms with Gasteiger partial charge in [0.25, 0.3) is 0 Å². The number of benzene rings is 1. The predicted molar refractivity (Wildman–Crippen MR) is 83.9 cm³/mol. The third-order valence-corrected chi connectivity index (χ3v) is 4.78. The Morgan fingerprint density at radius 3 is 3.05 bits per heavy atom. The molecule has 1 saturated heterocycles. The predicted octanol–water partition coefficient (Wildman–Crippen LogP) is 3.15. The van der Waals surface area contributed by atoms with Crippen molar-refractivity contribution < 1.29 is 9.47 Å². The van der Waals surface area contributed by atoms with Crippen molar-refractivity contribution in [1.82, 2.24) is 0 Å². The number of nitrogens with one attached hydrogen (secondary N) is 1. The third kappa shape index (κ3) is 3.10. The number of hydrogen-bond acceptors (Lipinski definition) is 5. The summed E-state index contributed by atoms with van der Waals surface area (Å²) >= 11 is 1.80. The van der Waals surface area contributed by atoms with E-state index < -0.39 is 0 Å². The molecule has 3 rings (SSSR count). The Balaban J connectivity index is 1.68. The fourth-order valence-electron chi connectivity index (χ4n) is 2.51. The molecule has 0 atom stereocenters. The van der Waals surface area contributed by atoms with E-state index in [0.717, 1.165) is 48.4 Å². The summed E-state index contributed by atoms with van der Waals surface area (Å²) in [5, 5.41) is 4.42. The first-order valence-electron chi connectivity index (χ1n) is 7.10. The third-order valence-electron chi connectivity index (χ3n) is 3.64. The van der Waals surface area contributed by atoms with Gasteiger partial charge in [-0.25, -0.2) is 0 Å². The molecule has 0 bridgehead atoms. The van der Waals surface area contributed by atoms with E-state index in [9.17, 15) is 0 Å². The van der Waals surface area contributed by atoms with Crippen molar-refractivity contribution >= 4 is 22.6 Å². The number of thioether (sulfide) groups is 1. The molecule has 0 saturated carbocycles. The van der Waals surface area contributed by atoms with E-state index in [2.05, 4.69) is 5.32 Å². The smallest absolute Gasteiger partial charge is 0.161 e. The van der Waals surface area contributed by atoms with Crippen molar-refractivity contribution in [3.05, 3.63) is 24.3 Å². The van der Waals surface area contributed by atoms with Crippen LogP contribution in [0.4, 0.5) is 5.69 Å². The van der Waals surface area contributed by atoms with Gasteiger partial charge >= 0.3 is 0 Å². The maximum atomic E-state index is 5.52. The summed E-state index contributed by atoms with van der Waals surface area (Å²) in [7, 11) is 0. The summed E-state index contributed by atoms with van der Waals surface area (Å²) in [6, 6.07) is 8.03. The largest absolute Gasteiger partial charge is 0.494 e. The molecule has 0 radical (unpaired) electrons. The van der Waals surface area contributed by atoms with E-state index in [1.807, 2.05) is 31.2 Å². The fraction of sp³-hybridized carbons (Fsp3) is 0.533. The number of hydrogen-bond donors (Lipinski definition) is 1. The number of anilines is 1. The molecule has 2 aliphatic rings. The minimum atomic E-state index is 0.1000. The Morgan fingerprint density at radius 2 is 2.25 bits per heavy atom. The van der Waals surface area contributed by atoms with Crippen molar-refractivity contribution in [2.45, 2.75) is 25.3 Å². The minimum Gasteiger partial charge on any atom is -0.494 e. The highest BCUT2D eigenvalue weighted by atomic mass is 32.2. The summed E-state index contributed by atoms with van der Waals surface area (Å²) in [6.07, 6.45) is 2.06. The van der Waals surface area contributed by atoms with Crippen LogP contribution in [0.1, 0.15) is 19.8 Å². The highest BCUT2D eigenvalue weighted by Crippen LogP contribution is 2.36. The topological polar surface area (TPSA) is 42.8 Å². The standard InChI is InChI=1S/C15H20N2O2S/c1-2-19-13-5-3-4-12(10-13)16-14-17-15(11-20-14)6-8-18-9-7-15/h3-5,10H,2,6-9,11H2,1H3,(H,16,17). The van der Waals surface area contributed by atoms with Gasteiger partial charge in [0.05, 0.1) is 12.1 Å². The van der Waals surface area contributed by atoms with Gasteiger partial charge in [-0.15, -0.1) is 0 Å². The highest BCUT2D eigenvalue weighted by molar-refractivity contribution is 8.14. The summed E-state index contributed by atoms with van der Waals surface area (Å²) < 4.78 is 11.0. The van der Waals surface area contributed by atoms with Crippen LogP contribution in [0.2, 0.25) is 0 Å². The molecule has 1 aromatic rings. The monoisotopic (exact) mass is 292 g/mol. The Hall–Kier alpha value is -1.20. The average molecular weight is 292 g/mol. The number of ether oxygens (including phenoxy) is 2. The lowest BCUT2D eigenvalue weighted by atomic mass is 9.93. The molecule has 1 spiro atoms. The molecule has 2 heterocycles. The number of rotatable bonds is 3. The number of aliphatic imine (C=N–C) groups is 1. The van der Waals surface area contributed by atoms with Gasteiger partial charge in [-0.1, -0.05) is 17.8 Å². The number of nitrogens with zero attached hydrogens (tertiary/aromatic N) is 1. The van der Waals surface area contributed by atoms with Crippen LogP contribution in [0, 0.1) is 0 Å². The zero-order valence-corrected chi connectivity index (χ0v) is 12.5. The molecular formula is C15H20N2O2S. The van der Waals surface area contributed by atoms with Crippen molar-refractivity contribution in [2.75, 3.05) is 30.9 Å². The van der Waals surface area contributed by atoms with E-state index in [0.29, 0.717) is 6.61 Å². The lowest BCUT2D eigenvalue weighted by Crippen LogP contribution is -2.34. The van der Waals surface area contributed by atoms with Crippen LogP contribution in [0.25, 0.3) is 0 Å². The summed E-state index contributed by atoms with van der Waals surface area (Å²) in [5.74, 6) is 1.95. The molecule has 0 aliphatic carbocycles. The van der Waals surface area contributed by atoms with E-state index in [1.54, 1.807) is 11.8 Å². The molecule has 1 fully saturated rings. The molecule has 4 nitrogen and oxygen atoms in total. The molecule has 0 amide bonds. The van der Waals surface area contributed by atoms with Crippen LogP contribution in [0.15, 0.2) is 29.3 Å². The Kier molecular flexibility index (Phi) is 4.17. The van der Waals surface area contributed by atoms with Crippen molar-refractivity contribution in [2.24, 2.45) is 4.99 Å². The van der Waals surface area contributed by atoms with Gasteiger partial charge < -0.3 is 14.8 Å². The van der Waals surface area contributed by atoms with Gasteiger partial charge in [0.15, 0.2) is 5.17 Å². The van der Waals surface area contributed by atoms with Gasteiger partial charge in [0, 0.05) is 30.7 Å². The van der Waals surface area contributed by atoms with E-state index in [1.165, 1.54) is 0 Å². The fourth-order valence-corrected chi connectivity index (χ4v) is 3.71. The molecule has 108 valence electrons. The molecule has 1 aromatic carbocycles. The van der Waals surface area contributed by atoms with Gasteiger partial charge in [0.1, 0.15) is 5.75 Å². The van der Waals surface area contributed by atoms with Crippen molar-refractivity contribution in [1.29, 1.82) is 0 Å². The van der Waals surface area contributed by atoms with Gasteiger partial charge in [0.2, 0.25) is 0 Å². The second kappa shape index (κ2) is 6.06. The number of amidine groups is 1. The summed E-state index contributed by atoms with van der Waals surface area (Å²) in [4.78, 5) is 4.90. The van der Waals surface area contributed by atoms with Crippen LogP contribution in [-0.4, -0.2) is 36.3 Å². The van der Waals surface area contributed by atoms with Crippen molar-refractivity contribution in [3.63, 3.8) is 0 Å². The molecule has 0 aromatic heterocycles. The zero-order valence-electron chi connectivity index (χ0n) is 11.7. The normalized spacial score (nSPS) is 20.8. The van der Waals surface area contributed by atoms with E-state index in [4.69, 9.17) is 14.5 Å². The lowest BCUT2D eigenvalue weighted by Gasteiger charge is -2.29. The Bertz CT molecular complexity index is 498. The second-order valence-electron chi connectivity index (χ2n) is 5.13. The van der Waals surface area contributed by atoms with E-state index in [-0.39, 0.29) is 5.54 Å². The SMILES string of the molecule is CCOc1cccc(NC2=NC3(CCOCC3)CS2)c1. The second-order valence-corrected chi connectivity index (χ2v) is 6.09.